The summed E-state index contributed by atoms with van der Waals surface area (Å²) in [6, 6.07) is -0.491. The van der Waals surface area contributed by atoms with Crippen LogP contribution in [0.2, 0.25) is 0 Å². The molecule has 10 nitrogen and oxygen atoms in total. The lowest BCUT2D eigenvalue weighted by Crippen LogP contribution is -2.36. The normalized spacial score (nSPS) is 15.1. The quantitative estimate of drug-likeness (QED) is 0.210. The third-order valence-electron chi connectivity index (χ3n) is 3.43. The zero-order valence-corrected chi connectivity index (χ0v) is 13.8. The van der Waals surface area contributed by atoms with Crippen molar-refractivity contribution in [3.8, 4) is 0 Å². The molecule has 2 rings (SSSR count). The molecule has 25 heavy (non-hydrogen) atoms. The third-order valence-corrected chi connectivity index (χ3v) is 3.43. The monoisotopic (exact) mass is 346 g/mol. The smallest absolute Gasteiger partial charge is 0.270 e. The van der Waals surface area contributed by atoms with Gasteiger partial charge < -0.3 is 20.8 Å². The van der Waals surface area contributed by atoms with Crippen molar-refractivity contribution >= 4 is 30.4 Å². The van der Waals surface area contributed by atoms with Crippen molar-refractivity contribution in [1.29, 1.82) is 0 Å². The van der Waals surface area contributed by atoms with E-state index in [1.54, 1.807) is 19.9 Å². The van der Waals surface area contributed by atoms with Crippen molar-refractivity contribution in [2.24, 2.45) is 5.16 Å². The summed E-state index contributed by atoms with van der Waals surface area (Å²) in [7, 11) is 0. The Morgan fingerprint density at radius 1 is 1.44 bits per heavy atom. The standard InChI is InChI=1S/C15H18N6O4/c1-3-11(25-19-6-16-8-22)9(2)20-15(24)13-10-4-5-12(23)21-14(10)18-7-17-13/h3,6-9H,4-5H2,1-2H3,(H,20,24)(H,16,19,22)(H,17,18,21,23)/b11-3-. The number of hydrogen-bond acceptors (Lipinski definition) is 7. The van der Waals surface area contributed by atoms with Crippen LogP contribution in [-0.4, -0.2) is 40.6 Å². The number of allylic oxidation sites excluding steroid dienone is 1. The minimum absolute atomic E-state index is 0.141. The Morgan fingerprint density at radius 3 is 2.96 bits per heavy atom. The number of anilines is 1. The summed E-state index contributed by atoms with van der Waals surface area (Å²) < 4.78 is 0. The zero-order valence-electron chi connectivity index (χ0n) is 13.8. The van der Waals surface area contributed by atoms with E-state index in [-0.39, 0.29) is 18.0 Å². The zero-order chi connectivity index (χ0) is 18.2. The molecule has 0 aromatic carbocycles. The molecule has 0 radical (unpaired) electrons. The fourth-order valence-electron chi connectivity index (χ4n) is 2.25. The number of nitrogens with one attached hydrogen (secondary N) is 3. The Hall–Kier alpha value is -3.30. The first-order valence-corrected chi connectivity index (χ1v) is 7.56. The molecule has 1 aliphatic heterocycles. The minimum Gasteiger partial charge on any atom is -0.358 e. The molecule has 1 aromatic rings. The van der Waals surface area contributed by atoms with E-state index in [2.05, 4.69) is 31.1 Å². The van der Waals surface area contributed by atoms with Crippen LogP contribution < -0.4 is 16.0 Å². The van der Waals surface area contributed by atoms with Crippen molar-refractivity contribution in [3.05, 3.63) is 29.4 Å². The maximum absolute atomic E-state index is 12.5. The summed E-state index contributed by atoms with van der Waals surface area (Å²) in [5, 5.41) is 11.1. The van der Waals surface area contributed by atoms with Gasteiger partial charge in [0.05, 0.1) is 6.04 Å². The van der Waals surface area contributed by atoms with Crippen molar-refractivity contribution < 1.29 is 19.2 Å². The molecule has 10 heteroatoms. The van der Waals surface area contributed by atoms with Crippen LogP contribution in [0.1, 0.15) is 36.3 Å². The fourth-order valence-corrected chi connectivity index (χ4v) is 2.25. The number of oxime groups is 1. The van der Waals surface area contributed by atoms with E-state index in [9.17, 15) is 14.4 Å². The third kappa shape index (κ3) is 4.59. The van der Waals surface area contributed by atoms with Gasteiger partial charge in [-0.05, 0) is 26.3 Å². The SMILES string of the molecule is C/C=C(\O/N=C/NC=O)C(C)NC(=O)c1ncnc2c1CCC(=O)N2. The summed E-state index contributed by atoms with van der Waals surface area (Å²) in [6.07, 6.45) is 5.07. The van der Waals surface area contributed by atoms with Crippen molar-refractivity contribution in [2.45, 2.75) is 32.7 Å². The molecule has 3 N–H and O–H groups in total. The Bertz CT molecular complexity index is 731. The molecular weight excluding hydrogens is 328 g/mol. The van der Waals surface area contributed by atoms with Gasteiger partial charge in [0.25, 0.3) is 5.91 Å². The van der Waals surface area contributed by atoms with Gasteiger partial charge in [-0.15, -0.1) is 0 Å². The highest BCUT2D eigenvalue weighted by Crippen LogP contribution is 2.22. The number of amides is 3. The maximum Gasteiger partial charge on any atom is 0.270 e. The summed E-state index contributed by atoms with van der Waals surface area (Å²) >= 11 is 0. The Kier molecular flexibility index (Phi) is 6.15. The molecule has 0 bridgehead atoms. The second kappa shape index (κ2) is 8.52. The average molecular weight is 346 g/mol. The summed E-state index contributed by atoms with van der Waals surface area (Å²) in [4.78, 5) is 47.2. The number of aromatic nitrogens is 2. The van der Waals surface area contributed by atoms with E-state index in [0.29, 0.717) is 30.0 Å². The first-order chi connectivity index (χ1) is 12.1. The van der Waals surface area contributed by atoms with E-state index >= 15 is 0 Å². The number of rotatable bonds is 7. The lowest BCUT2D eigenvalue weighted by atomic mass is 10.0. The highest BCUT2D eigenvalue weighted by molar-refractivity contribution is 5.99. The second-order valence-electron chi connectivity index (χ2n) is 5.09. The van der Waals surface area contributed by atoms with Crippen LogP contribution in [0.25, 0.3) is 0 Å². The van der Waals surface area contributed by atoms with Crippen molar-refractivity contribution in [3.63, 3.8) is 0 Å². The first-order valence-electron chi connectivity index (χ1n) is 7.56. The van der Waals surface area contributed by atoms with Gasteiger partial charge in [-0.25, -0.2) is 9.97 Å². The molecule has 0 fully saturated rings. The Morgan fingerprint density at radius 2 is 2.24 bits per heavy atom. The molecule has 1 aliphatic rings. The minimum atomic E-state index is -0.491. The molecule has 0 spiro atoms. The molecule has 0 saturated carbocycles. The summed E-state index contributed by atoms with van der Waals surface area (Å²) in [5.74, 6) is 0.183. The summed E-state index contributed by atoms with van der Waals surface area (Å²) in [6.45, 7) is 3.44. The van der Waals surface area contributed by atoms with Gasteiger partial charge in [-0.1, -0.05) is 5.16 Å². The lowest BCUT2D eigenvalue weighted by molar-refractivity contribution is -0.116. The molecule has 3 amide bonds. The molecule has 132 valence electrons. The number of carbonyl (C=O) groups is 3. The van der Waals surface area contributed by atoms with Gasteiger partial charge >= 0.3 is 0 Å². The van der Waals surface area contributed by atoms with Crippen LogP contribution in [0.4, 0.5) is 5.82 Å². The molecule has 0 aliphatic carbocycles. The van der Waals surface area contributed by atoms with Gasteiger partial charge in [0, 0.05) is 12.0 Å². The molecule has 0 saturated heterocycles. The van der Waals surface area contributed by atoms with Gasteiger partial charge in [0.15, 0.2) is 5.76 Å². The van der Waals surface area contributed by atoms with E-state index < -0.39 is 11.9 Å². The fraction of sp³-hybridized carbons (Fsp3) is 0.333. The van der Waals surface area contributed by atoms with E-state index in [1.165, 1.54) is 6.33 Å². The van der Waals surface area contributed by atoms with Gasteiger partial charge in [-0.3, -0.25) is 14.4 Å². The van der Waals surface area contributed by atoms with Crippen molar-refractivity contribution in [1.82, 2.24) is 20.6 Å². The molecule has 1 atom stereocenters. The number of hydrogen-bond donors (Lipinski definition) is 3. The highest BCUT2D eigenvalue weighted by atomic mass is 16.6. The lowest BCUT2D eigenvalue weighted by Gasteiger charge is -2.19. The predicted octanol–water partition coefficient (Wildman–Crippen LogP) is 0.0893. The molecular formula is C15H18N6O4. The van der Waals surface area contributed by atoms with Crippen LogP contribution in [0.15, 0.2) is 23.3 Å². The van der Waals surface area contributed by atoms with Gasteiger partial charge in [0.1, 0.15) is 24.2 Å². The highest BCUT2D eigenvalue weighted by Gasteiger charge is 2.24. The summed E-state index contributed by atoms with van der Waals surface area (Å²) in [5.41, 5.74) is 0.807. The first kappa shape index (κ1) is 18.0. The van der Waals surface area contributed by atoms with Crippen molar-refractivity contribution in [2.75, 3.05) is 5.32 Å². The Labute approximate surface area is 143 Å². The number of nitrogens with zero attached hydrogens (tertiary/aromatic N) is 3. The predicted molar refractivity (Wildman–Crippen MR) is 88.4 cm³/mol. The topological polar surface area (TPSA) is 135 Å². The van der Waals surface area contributed by atoms with E-state index in [1.807, 2.05) is 0 Å². The largest absolute Gasteiger partial charge is 0.358 e. The van der Waals surface area contributed by atoms with Crippen LogP contribution >= 0.6 is 0 Å². The van der Waals surface area contributed by atoms with E-state index in [0.717, 1.165) is 6.34 Å². The molecule has 1 aromatic heterocycles. The van der Waals surface area contributed by atoms with Crippen LogP contribution in [0.5, 0.6) is 0 Å². The average Bonchev–Trinajstić information content (AvgIpc) is 2.60. The number of carbonyl (C=O) groups excluding carboxylic acids is 3. The van der Waals surface area contributed by atoms with Crippen LogP contribution in [-0.2, 0) is 20.8 Å². The van der Waals surface area contributed by atoms with Gasteiger partial charge in [0.2, 0.25) is 12.3 Å². The van der Waals surface area contributed by atoms with Gasteiger partial charge in [-0.2, -0.15) is 0 Å². The Balaban J connectivity index is 2.07. The number of fused-ring (bicyclic) bond motifs is 1. The van der Waals surface area contributed by atoms with Crippen LogP contribution in [0.3, 0.4) is 0 Å². The van der Waals surface area contributed by atoms with E-state index in [4.69, 9.17) is 4.84 Å². The molecule has 2 heterocycles. The maximum atomic E-state index is 12.5. The second-order valence-corrected chi connectivity index (χ2v) is 5.09. The molecule has 1 unspecified atom stereocenters. The van der Waals surface area contributed by atoms with Crippen LogP contribution in [0, 0.1) is 0 Å².